The number of hydrogen-bond acceptors (Lipinski definition) is 4. The SMILES string of the molecule is O=C(/C=C/c1ccc2c(c1)OCO2)Nc1ccccc1SC(F)F. The first-order valence-electron chi connectivity index (χ1n) is 7.04. The fourth-order valence-corrected chi connectivity index (χ4v) is 2.73. The third kappa shape index (κ3) is 4.05. The van der Waals surface area contributed by atoms with Gasteiger partial charge in [0.05, 0.1) is 5.69 Å². The third-order valence-corrected chi connectivity index (χ3v) is 3.97. The van der Waals surface area contributed by atoms with Crippen LogP contribution in [0.15, 0.2) is 53.4 Å². The highest BCUT2D eigenvalue weighted by Crippen LogP contribution is 2.33. The molecule has 4 nitrogen and oxygen atoms in total. The number of fused-ring (bicyclic) bond motifs is 1. The van der Waals surface area contributed by atoms with Crippen molar-refractivity contribution in [2.45, 2.75) is 10.7 Å². The molecular weight excluding hydrogens is 336 g/mol. The molecule has 1 N–H and O–H groups in total. The van der Waals surface area contributed by atoms with Gasteiger partial charge in [-0.1, -0.05) is 30.0 Å². The van der Waals surface area contributed by atoms with Gasteiger partial charge in [-0.2, -0.15) is 8.78 Å². The maximum atomic E-state index is 12.5. The van der Waals surface area contributed by atoms with E-state index in [1.165, 1.54) is 12.1 Å². The van der Waals surface area contributed by atoms with Gasteiger partial charge in [0.1, 0.15) is 0 Å². The minimum absolute atomic E-state index is 0.182. The van der Waals surface area contributed by atoms with E-state index in [9.17, 15) is 13.6 Å². The smallest absolute Gasteiger partial charge is 0.288 e. The number of para-hydroxylation sites is 1. The van der Waals surface area contributed by atoms with Crippen LogP contribution in [0.25, 0.3) is 6.08 Å². The van der Waals surface area contributed by atoms with Crippen LogP contribution in [0.3, 0.4) is 0 Å². The first-order chi connectivity index (χ1) is 11.6. The van der Waals surface area contributed by atoms with Gasteiger partial charge in [-0.3, -0.25) is 4.79 Å². The average molecular weight is 349 g/mol. The van der Waals surface area contributed by atoms with Gasteiger partial charge in [-0.25, -0.2) is 0 Å². The van der Waals surface area contributed by atoms with Crippen LogP contribution in [0.2, 0.25) is 0 Å². The Kier molecular flexibility index (Phi) is 5.00. The van der Waals surface area contributed by atoms with Crippen molar-refractivity contribution in [1.29, 1.82) is 0 Å². The zero-order valence-electron chi connectivity index (χ0n) is 12.4. The van der Waals surface area contributed by atoms with Crippen molar-refractivity contribution in [1.82, 2.24) is 0 Å². The first kappa shape index (κ1) is 16.3. The molecule has 0 spiro atoms. The molecule has 0 radical (unpaired) electrons. The predicted molar refractivity (Wildman–Crippen MR) is 88.5 cm³/mol. The molecule has 0 aromatic heterocycles. The Labute approximate surface area is 141 Å². The summed E-state index contributed by atoms with van der Waals surface area (Å²) in [5, 5.41) is 2.60. The van der Waals surface area contributed by atoms with E-state index in [0.29, 0.717) is 33.8 Å². The maximum absolute atomic E-state index is 12.5. The Bertz CT molecular complexity index is 780. The second-order valence-corrected chi connectivity index (χ2v) is 5.84. The standard InChI is InChI=1S/C17H13F2NO3S/c18-17(19)24-15-4-2-1-3-12(15)20-16(21)8-6-11-5-7-13-14(9-11)23-10-22-13/h1-9,17H,10H2,(H,20,21)/b8-6+. The second kappa shape index (κ2) is 7.35. The minimum Gasteiger partial charge on any atom is -0.454 e. The summed E-state index contributed by atoms with van der Waals surface area (Å²) in [5.41, 5.74) is 1.12. The molecule has 0 unspecified atom stereocenters. The van der Waals surface area contributed by atoms with Crippen molar-refractivity contribution in [3.63, 3.8) is 0 Å². The normalized spacial score (nSPS) is 12.8. The van der Waals surface area contributed by atoms with Crippen molar-refractivity contribution in [2.75, 3.05) is 12.1 Å². The Morgan fingerprint density at radius 3 is 2.79 bits per heavy atom. The van der Waals surface area contributed by atoms with E-state index in [1.807, 2.05) is 0 Å². The van der Waals surface area contributed by atoms with Crippen LogP contribution >= 0.6 is 11.8 Å². The van der Waals surface area contributed by atoms with Crippen LogP contribution in [0.1, 0.15) is 5.56 Å². The molecule has 7 heteroatoms. The second-order valence-electron chi connectivity index (χ2n) is 4.81. The number of nitrogens with one attached hydrogen (secondary N) is 1. The van der Waals surface area contributed by atoms with Gasteiger partial charge in [0.2, 0.25) is 12.7 Å². The molecule has 0 saturated carbocycles. The molecule has 0 aliphatic carbocycles. The van der Waals surface area contributed by atoms with E-state index < -0.39 is 11.7 Å². The molecule has 0 saturated heterocycles. The average Bonchev–Trinajstić information content (AvgIpc) is 3.02. The van der Waals surface area contributed by atoms with Crippen LogP contribution in [0, 0.1) is 0 Å². The van der Waals surface area contributed by atoms with Gasteiger partial charge in [-0.15, -0.1) is 0 Å². The van der Waals surface area contributed by atoms with E-state index in [1.54, 1.807) is 42.5 Å². The summed E-state index contributed by atoms with van der Waals surface area (Å²) in [4.78, 5) is 12.3. The molecule has 3 rings (SSSR count). The van der Waals surface area contributed by atoms with Crippen molar-refractivity contribution in [3.8, 4) is 11.5 Å². The van der Waals surface area contributed by atoms with Crippen LogP contribution in [-0.4, -0.2) is 18.5 Å². The number of amides is 1. The number of ether oxygens (including phenoxy) is 2. The third-order valence-electron chi connectivity index (χ3n) is 3.18. The van der Waals surface area contributed by atoms with Crippen LogP contribution < -0.4 is 14.8 Å². The highest BCUT2D eigenvalue weighted by molar-refractivity contribution is 7.99. The topological polar surface area (TPSA) is 47.6 Å². The highest BCUT2D eigenvalue weighted by atomic mass is 32.2. The zero-order valence-corrected chi connectivity index (χ0v) is 13.2. The largest absolute Gasteiger partial charge is 0.454 e. The number of carbonyl (C=O) groups excluding carboxylic acids is 1. The Balaban J connectivity index is 1.67. The highest BCUT2D eigenvalue weighted by Gasteiger charge is 2.13. The van der Waals surface area contributed by atoms with Gasteiger partial charge in [0, 0.05) is 11.0 Å². The lowest BCUT2D eigenvalue weighted by atomic mass is 10.2. The Hall–Kier alpha value is -2.54. The number of benzene rings is 2. The molecule has 1 aliphatic rings. The lowest BCUT2D eigenvalue weighted by molar-refractivity contribution is -0.111. The van der Waals surface area contributed by atoms with Gasteiger partial charge >= 0.3 is 0 Å². The molecule has 1 amide bonds. The van der Waals surface area contributed by atoms with Crippen molar-refractivity contribution in [3.05, 3.63) is 54.1 Å². The number of halogens is 2. The van der Waals surface area contributed by atoms with Gasteiger partial charge < -0.3 is 14.8 Å². The minimum atomic E-state index is -2.55. The van der Waals surface area contributed by atoms with Crippen molar-refractivity contribution in [2.24, 2.45) is 0 Å². The molecule has 1 aliphatic heterocycles. The molecule has 0 fully saturated rings. The van der Waals surface area contributed by atoms with E-state index in [2.05, 4.69) is 5.32 Å². The van der Waals surface area contributed by atoms with Crippen LogP contribution in [0.4, 0.5) is 14.5 Å². The number of thioether (sulfide) groups is 1. The number of hydrogen-bond donors (Lipinski definition) is 1. The summed E-state index contributed by atoms with van der Waals surface area (Å²) in [6.07, 6.45) is 2.95. The van der Waals surface area contributed by atoms with E-state index in [4.69, 9.17) is 9.47 Å². The van der Waals surface area contributed by atoms with E-state index in [0.717, 1.165) is 5.56 Å². The summed E-state index contributed by atoms with van der Waals surface area (Å²) in [7, 11) is 0. The monoisotopic (exact) mass is 349 g/mol. The van der Waals surface area contributed by atoms with Gasteiger partial charge in [0.15, 0.2) is 11.5 Å². The first-order valence-corrected chi connectivity index (χ1v) is 7.92. The van der Waals surface area contributed by atoms with E-state index in [-0.39, 0.29) is 6.79 Å². The molecule has 1 heterocycles. The number of carbonyl (C=O) groups is 1. The number of rotatable bonds is 5. The van der Waals surface area contributed by atoms with Crippen molar-refractivity contribution < 1.29 is 23.0 Å². The van der Waals surface area contributed by atoms with E-state index >= 15 is 0 Å². The quantitative estimate of drug-likeness (QED) is 0.643. The van der Waals surface area contributed by atoms with Crippen LogP contribution in [-0.2, 0) is 4.79 Å². The summed E-state index contributed by atoms with van der Waals surface area (Å²) >= 11 is 0.392. The summed E-state index contributed by atoms with van der Waals surface area (Å²) in [5.74, 6) is -1.67. The molecule has 24 heavy (non-hydrogen) atoms. The molecule has 124 valence electrons. The molecule has 2 aromatic carbocycles. The summed E-state index contributed by atoms with van der Waals surface area (Å²) in [6, 6.07) is 11.7. The molecule has 0 bridgehead atoms. The predicted octanol–water partition coefficient (Wildman–Crippen LogP) is 4.38. The molecule has 0 atom stereocenters. The lowest BCUT2D eigenvalue weighted by Gasteiger charge is -2.08. The fourth-order valence-electron chi connectivity index (χ4n) is 2.13. The number of alkyl halides is 2. The Morgan fingerprint density at radius 2 is 1.96 bits per heavy atom. The van der Waals surface area contributed by atoms with Crippen molar-refractivity contribution >= 4 is 29.4 Å². The lowest BCUT2D eigenvalue weighted by Crippen LogP contribution is -2.08. The van der Waals surface area contributed by atoms with Gasteiger partial charge in [0.25, 0.3) is 5.76 Å². The molecule has 2 aromatic rings. The fraction of sp³-hybridized carbons (Fsp3) is 0.118. The Morgan fingerprint density at radius 1 is 1.17 bits per heavy atom. The molecular formula is C17H13F2NO3S. The summed E-state index contributed by atoms with van der Waals surface area (Å²) < 4.78 is 35.5. The maximum Gasteiger partial charge on any atom is 0.288 e. The number of anilines is 1. The zero-order chi connectivity index (χ0) is 16.9. The van der Waals surface area contributed by atoms with Gasteiger partial charge in [-0.05, 0) is 35.9 Å². The van der Waals surface area contributed by atoms with Crippen LogP contribution in [0.5, 0.6) is 11.5 Å². The summed E-state index contributed by atoms with van der Waals surface area (Å²) in [6.45, 7) is 0.182.